The molecule has 9 aromatic carbocycles. The molecule has 12 aromatic rings. The van der Waals surface area contributed by atoms with Crippen LogP contribution in [0.1, 0.15) is 5.56 Å². The van der Waals surface area contributed by atoms with E-state index in [-0.39, 0.29) is 0 Å². The van der Waals surface area contributed by atoms with Gasteiger partial charge in [-0.3, -0.25) is 0 Å². The molecule has 330 valence electrons. The van der Waals surface area contributed by atoms with E-state index in [4.69, 9.17) is 26.5 Å². The van der Waals surface area contributed by atoms with Gasteiger partial charge in [0.1, 0.15) is 0 Å². The Morgan fingerprint density at radius 2 is 0.775 bits per heavy atom. The molecule has 0 N–H and O–H groups in total. The van der Waals surface area contributed by atoms with E-state index in [2.05, 4.69) is 106 Å². The lowest BCUT2D eigenvalue weighted by molar-refractivity contribution is 1.15. The van der Waals surface area contributed by atoms with Crippen molar-refractivity contribution >= 4 is 27.5 Å². The topological polar surface area (TPSA) is 84.6 Å². The molecule has 3 aromatic heterocycles. The van der Waals surface area contributed by atoms with Gasteiger partial charge in [0.15, 0.2) is 17.3 Å². The maximum atomic E-state index is 9.59. The van der Waals surface area contributed by atoms with Gasteiger partial charge in [-0.25, -0.2) is 24.8 Å². The Bertz CT molecular complexity index is 3790. The number of benzene rings is 9. The van der Waals surface area contributed by atoms with E-state index in [1.807, 2.05) is 146 Å². The van der Waals surface area contributed by atoms with Crippen molar-refractivity contribution in [2.24, 2.45) is 0 Å². The van der Waals surface area contributed by atoms with Crippen LogP contribution in [0.3, 0.4) is 0 Å². The molecular formula is C64H39N7. The van der Waals surface area contributed by atoms with Crippen LogP contribution in [0, 0.1) is 17.9 Å². The lowest BCUT2D eigenvalue weighted by atomic mass is 9.99. The molecule has 0 fully saturated rings. The average Bonchev–Trinajstić information content (AvgIpc) is 3.78. The average molecular weight is 906 g/mol. The maximum absolute atomic E-state index is 9.59. The lowest BCUT2D eigenvalue weighted by Crippen LogP contribution is -2.02. The summed E-state index contributed by atoms with van der Waals surface area (Å²) in [5.74, 6) is 1.24. The number of hydrogen-bond donors (Lipinski definition) is 0. The Morgan fingerprint density at radius 1 is 0.366 bits per heavy atom. The third kappa shape index (κ3) is 8.16. The fourth-order valence-electron chi connectivity index (χ4n) is 9.33. The number of hydrogen-bond acceptors (Lipinski definition) is 5. The molecule has 12 rings (SSSR count). The minimum atomic E-state index is 0.597. The van der Waals surface area contributed by atoms with Crippen LogP contribution in [0.15, 0.2) is 237 Å². The second-order valence-electron chi connectivity index (χ2n) is 17.3. The highest BCUT2D eigenvalue weighted by Gasteiger charge is 2.22. The molecule has 0 aliphatic carbocycles. The predicted octanol–water partition coefficient (Wildman–Crippen LogP) is 16.1. The van der Waals surface area contributed by atoms with Crippen molar-refractivity contribution in [1.29, 1.82) is 5.26 Å². The molecule has 0 aliphatic heterocycles. The van der Waals surface area contributed by atoms with E-state index in [0.717, 1.165) is 106 Å². The van der Waals surface area contributed by atoms with Gasteiger partial charge >= 0.3 is 0 Å². The van der Waals surface area contributed by atoms with E-state index in [0.29, 0.717) is 22.9 Å². The first-order valence-corrected chi connectivity index (χ1v) is 23.3. The van der Waals surface area contributed by atoms with Crippen molar-refractivity contribution in [3.05, 3.63) is 254 Å². The molecule has 0 amide bonds. The zero-order valence-electron chi connectivity index (χ0n) is 38.1. The largest absolute Gasteiger partial charge is 0.309 e. The smallest absolute Gasteiger partial charge is 0.187 e. The van der Waals surface area contributed by atoms with E-state index in [1.54, 1.807) is 0 Å². The van der Waals surface area contributed by atoms with Crippen LogP contribution >= 0.6 is 0 Å². The summed E-state index contributed by atoms with van der Waals surface area (Å²) in [5.41, 5.74) is 17.0. The third-order valence-electron chi connectivity index (χ3n) is 12.9. The van der Waals surface area contributed by atoms with E-state index in [9.17, 15) is 5.26 Å². The van der Waals surface area contributed by atoms with Crippen molar-refractivity contribution in [3.8, 4) is 102 Å². The van der Waals surface area contributed by atoms with Gasteiger partial charge < -0.3 is 4.57 Å². The summed E-state index contributed by atoms with van der Waals surface area (Å²) < 4.78 is 2.34. The summed E-state index contributed by atoms with van der Waals surface area (Å²) in [6.45, 7) is 7.55. The van der Waals surface area contributed by atoms with Gasteiger partial charge in [0.05, 0.1) is 57.7 Å². The van der Waals surface area contributed by atoms with Gasteiger partial charge in [-0.1, -0.05) is 176 Å². The van der Waals surface area contributed by atoms with Gasteiger partial charge in [-0.05, 0) is 82.9 Å². The summed E-state index contributed by atoms with van der Waals surface area (Å²) in [5, 5.41) is 11.7. The fraction of sp³-hybridized carbons (Fsp3) is 0. The SMILES string of the molecule is [C-]#[N+]c1ccc(-c2ccc3c(c2)c2cc(-c4ccc(C#N)cc4)ccc2n3-c2ccc(-c3cc(-c4ccccc4)nc(-c4ccccc4)n3)cc2-c2cc(-c3ccccc3)nc(-c3ccccc3)n2)cc1. The summed E-state index contributed by atoms with van der Waals surface area (Å²) in [6, 6.07) is 82.4. The molecular weight excluding hydrogens is 867 g/mol. The zero-order chi connectivity index (χ0) is 47.7. The first kappa shape index (κ1) is 42.3. The Labute approximate surface area is 410 Å². The monoisotopic (exact) mass is 905 g/mol. The van der Waals surface area contributed by atoms with Gasteiger partial charge in [-0.15, -0.1) is 0 Å². The molecule has 7 heteroatoms. The number of fused-ring (bicyclic) bond motifs is 3. The van der Waals surface area contributed by atoms with Gasteiger partial charge in [0.2, 0.25) is 0 Å². The summed E-state index contributed by atoms with van der Waals surface area (Å²) >= 11 is 0. The quantitative estimate of drug-likeness (QED) is 0.135. The van der Waals surface area contributed by atoms with Crippen molar-refractivity contribution in [1.82, 2.24) is 24.5 Å². The Morgan fingerprint density at radius 3 is 1.25 bits per heavy atom. The van der Waals surface area contributed by atoms with Crippen molar-refractivity contribution < 1.29 is 0 Å². The van der Waals surface area contributed by atoms with Crippen LogP contribution in [-0.4, -0.2) is 24.5 Å². The molecule has 0 unspecified atom stereocenters. The number of nitrogens with zero attached hydrogens (tertiary/aromatic N) is 7. The van der Waals surface area contributed by atoms with Crippen LogP contribution < -0.4 is 0 Å². The van der Waals surface area contributed by atoms with Crippen LogP contribution in [0.2, 0.25) is 0 Å². The van der Waals surface area contributed by atoms with Crippen LogP contribution in [-0.2, 0) is 0 Å². The van der Waals surface area contributed by atoms with Gasteiger partial charge in [-0.2, -0.15) is 5.26 Å². The normalized spacial score (nSPS) is 11.1. The fourth-order valence-corrected chi connectivity index (χ4v) is 9.33. The minimum Gasteiger partial charge on any atom is -0.309 e. The molecule has 0 spiro atoms. The van der Waals surface area contributed by atoms with Gasteiger partial charge in [0, 0.05) is 44.2 Å². The highest BCUT2D eigenvalue weighted by atomic mass is 15.0. The van der Waals surface area contributed by atoms with Crippen molar-refractivity contribution in [3.63, 3.8) is 0 Å². The Balaban J connectivity index is 1.14. The highest BCUT2D eigenvalue weighted by molar-refractivity contribution is 6.12. The molecule has 7 nitrogen and oxygen atoms in total. The van der Waals surface area contributed by atoms with Crippen LogP contribution in [0.5, 0.6) is 0 Å². The zero-order valence-corrected chi connectivity index (χ0v) is 38.1. The van der Waals surface area contributed by atoms with Crippen molar-refractivity contribution in [2.75, 3.05) is 0 Å². The summed E-state index contributed by atoms with van der Waals surface area (Å²) in [7, 11) is 0. The van der Waals surface area contributed by atoms with Crippen molar-refractivity contribution in [2.45, 2.75) is 0 Å². The van der Waals surface area contributed by atoms with E-state index < -0.39 is 0 Å². The molecule has 0 bridgehead atoms. The standard InChI is InChI=1S/C64H39N7/c1-66-52-31-26-44(27-32-52)50-29-34-61-54(37-50)53-36-49(43-24-22-42(41-65)23-25-43)28-33-60(53)71(61)62-35-30-51(58-39-56(45-14-6-2-7-15-45)67-63(69-58)47-18-10-4-11-19-47)38-55(62)59-40-57(46-16-8-3-9-17-46)68-64(70-59)48-20-12-5-13-21-48/h2-40H. The molecule has 0 radical (unpaired) electrons. The molecule has 0 atom stereocenters. The lowest BCUT2D eigenvalue weighted by Gasteiger charge is -2.17. The van der Waals surface area contributed by atoms with Crippen LogP contribution in [0.25, 0.3) is 122 Å². The molecule has 71 heavy (non-hydrogen) atoms. The molecule has 0 aliphatic rings. The molecule has 3 heterocycles. The van der Waals surface area contributed by atoms with E-state index in [1.165, 1.54) is 0 Å². The van der Waals surface area contributed by atoms with Gasteiger partial charge in [0.25, 0.3) is 0 Å². The first-order valence-electron chi connectivity index (χ1n) is 23.3. The van der Waals surface area contributed by atoms with E-state index >= 15 is 0 Å². The molecule has 0 saturated heterocycles. The Kier molecular flexibility index (Phi) is 10.8. The number of rotatable bonds is 9. The first-order chi connectivity index (χ1) is 35.1. The number of nitriles is 1. The maximum Gasteiger partial charge on any atom is 0.187 e. The summed E-state index contributed by atoms with van der Waals surface area (Å²) in [4.78, 5) is 24.6. The Hall–Kier alpha value is -10.1. The third-order valence-corrected chi connectivity index (χ3v) is 12.9. The highest BCUT2D eigenvalue weighted by Crippen LogP contribution is 2.42. The second-order valence-corrected chi connectivity index (χ2v) is 17.3. The number of aromatic nitrogens is 5. The second kappa shape index (κ2) is 18.2. The van der Waals surface area contributed by atoms with Crippen LogP contribution in [0.4, 0.5) is 5.69 Å². The minimum absolute atomic E-state index is 0.597. The molecule has 0 saturated carbocycles. The summed E-state index contributed by atoms with van der Waals surface area (Å²) in [6.07, 6.45) is 0. The predicted molar refractivity (Wildman–Crippen MR) is 286 cm³/mol.